The molecule has 1 fully saturated rings. The number of ether oxygens (including phenoxy) is 1. The molecule has 2 unspecified atom stereocenters. The Bertz CT molecular complexity index is 795. The highest BCUT2D eigenvalue weighted by Gasteiger charge is 2.35. The lowest BCUT2D eigenvalue weighted by molar-refractivity contribution is -0.137. The van der Waals surface area contributed by atoms with Crippen molar-refractivity contribution in [2.24, 2.45) is 0 Å². The van der Waals surface area contributed by atoms with Crippen LogP contribution in [0.2, 0.25) is 0 Å². The van der Waals surface area contributed by atoms with E-state index in [0.717, 1.165) is 11.6 Å². The van der Waals surface area contributed by atoms with Crippen LogP contribution < -0.4 is 20.9 Å². The van der Waals surface area contributed by atoms with E-state index in [-0.39, 0.29) is 11.7 Å². The monoisotopic (exact) mass is 365 g/mol. The Morgan fingerprint density at radius 2 is 1.92 bits per heavy atom. The van der Waals surface area contributed by atoms with Crippen molar-refractivity contribution >= 4 is 11.6 Å². The van der Waals surface area contributed by atoms with Gasteiger partial charge in [0, 0.05) is 6.04 Å². The fraction of sp³-hybridized carbons (Fsp3) is 0.278. The first-order valence-electron chi connectivity index (χ1n) is 8.00. The van der Waals surface area contributed by atoms with Gasteiger partial charge in [-0.05, 0) is 36.2 Å². The zero-order valence-corrected chi connectivity index (χ0v) is 13.9. The van der Waals surface area contributed by atoms with E-state index in [1.54, 1.807) is 7.11 Å². The average Bonchev–Trinajstić information content (AvgIpc) is 3.11. The molecule has 8 heteroatoms. The van der Waals surface area contributed by atoms with Crippen LogP contribution in [0.25, 0.3) is 0 Å². The van der Waals surface area contributed by atoms with Crippen molar-refractivity contribution in [3.8, 4) is 5.75 Å². The standard InChI is InChI=1S/C18H18F3N3O2/c1-26-12-6-4-5-11(9-12)15-10-16(24-23-15)17(25)22-14-8-3-2-7-13(14)18(19,20)21/h2-9,15-16,23-24H,10H2,1H3,(H,22,25). The van der Waals surface area contributed by atoms with E-state index < -0.39 is 23.7 Å². The Hall–Kier alpha value is -2.58. The van der Waals surface area contributed by atoms with Crippen LogP contribution in [0.3, 0.4) is 0 Å². The molecule has 1 amide bonds. The summed E-state index contributed by atoms with van der Waals surface area (Å²) < 4.78 is 44.3. The topological polar surface area (TPSA) is 62.4 Å². The molecule has 26 heavy (non-hydrogen) atoms. The fourth-order valence-electron chi connectivity index (χ4n) is 2.86. The van der Waals surface area contributed by atoms with E-state index in [1.165, 1.54) is 18.2 Å². The normalized spacial score (nSPS) is 20.0. The third-order valence-electron chi connectivity index (χ3n) is 4.21. The van der Waals surface area contributed by atoms with Gasteiger partial charge in [-0.2, -0.15) is 13.2 Å². The number of methoxy groups -OCH3 is 1. The van der Waals surface area contributed by atoms with Crippen LogP contribution in [0.5, 0.6) is 5.75 Å². The largest absolute Gasteiger partial charge is 0.497 e. The first kappa shape index (κ1) is 18.2. The van der Waals surface area contributed by atoms with Gasteiger partial charge in [0.05, 0.1) is 18.4 Å². The average molecular weight is 365 g/mol. The number of halogens is 3. The van der Waals surface area contributed by atoms with E-state index in [0.29, 0.717) is 12.2 Å². The first-order chi connectivity index (χ1) is 12.4. The number of benzene rings is 2. The van der Waals surface area contributed by atoms with E-state index in [9.17, 15) is 18.0 Å². The van der Waals surface area contributed by atoms with Gasteiger partial charge >= 0.3 is 6.18 Å². The van der Waals surface area contributed by atoms with Gasteiger partial charge in [0.2, 0.25) is 5.91 Å². The van der Waals surface area contributed by atoms with Crippen molar-refractivity contribution in [1.82, 2.24) is 10.9 Å². The molecule has 3 rings (SSSR count). The minimum atomic E-state index is -4.53. The number of anilines is 1. The summed E-state index contributed by atoms with van der Waals surface area (Å²) >= 11 is 0. The third-order valence-corrected chi connectivity index (χ3v) is 4.21. The van der Waals surface area contributed by atoms with Gasteiger partial charge in [-0.3, -0.25) is 4.79 Å². The number of hydrazine groups is 1. The lowest BCUT2D eigenvalue weighted by atomic mass is 10.0. The number of nitrogens with one attached hydrogen (secondary N) is 3. The quantitative estimate of drug-likeness (QED) is 0.778. The van der Waals surface area contributed by atoms with E-state index in [2.05, 4.69) is 16.2 Å². The van der Waals surface area contributed by atoms with Crippen molar-refractivity contribution in [2.45, 2.75) is 24.7 Å². The highest BCUT2D eigenvalue weighted by atomic mass is 19.4. The molecule has 1 aliphatic rings. The molecule has 0 aromatic heterocycles. The Kier molecular flexibility index (Phi) is 5.15. The molecule has 0 radical (unpaired) electrons. The maximum absolute atomic E-state index is 13.0. The molecule has 2 aromatic carbocycles. The summed E-state index contributed by atoms with van der Waals surface area (Å²) in [6.45, 7) is 0. The maximum atomic E-state index is 13.0. The molecule has 138 valence electrons. The number of amides is 1. The maximum Gasteiger partial charge on any atom is 0.418 e. The molecule has 1 saturated heterocycles. The van der Waals surface area contributed by atoms with Crippen molar-refractivity contribution in [2.75, 3.05) is 12.4 Å². The van der Waals surface area contributed by atoms with E-state index in [1.807, 2.05) is 24.3 Å². The van der Waals surface area contributed by atoms with Gasteiger partial charge in [-0.15, -0.1) is 0 Å². The lowest BCUT2D eigenvalue weighted by Crippen LogP contribution is -2.39. The zero-order valence-electron chi connectivity index (χ0n) is 13.9. The second kappa shape index (κ2) is 7.35. The zero-order chi connectivity index (χ0) is 18.7. The van der Waals surface area contributed by atoms with Gasteiger partial charge in [-0.25, -0.2) is 10.9 Å². The van der Waals surface area contributed by atoms with Crippen LogP contribution in [0.4, 0.5) is 18.9 Å². The van der Waals surface area contributed by atoms with Gasteiger partial charge in [0.1, 0.15) is 11.8 Å². The van der Waals surface area contributed by atoms with E-state index >= 15 is 0 Å². The number of rotatable bonds is 4. The van der Waals surface area contributed by atoms with Crippen molar-refractivity contribution in [3.63, 3.8) is 0 Å². The summed E-state index contributed by atoms with van der Waals surface area (Å²) in [6, 6.07) is 11.5. The highest BCUT2D eigenvalue weighted by Crippen LogP contribution is 2.35. The molecular weight excluding hydrogens is 347 g/mol. The number of hydrogen-bond donors (Lipinski definition) is 3. The van der Waals surface area contributed by atoms with E-state index in [4.69, 9.17) is 4.74 Å². The summed E-state index contributed by atoms with van der Waals surface area (Å²) in [6.07, 6.45) is -4.14. The fourth-order valence-corrected chi connectivity index (χ4v) is 2.86. The molecule has 0 spiro atoms. The second-order valence-electron chi connectivity index (χ2n) is 5.94. The minimum absolute atomic E-state index is 0.154. The smallest absolute Gasteiger partial charge is 0.418 e. The molecule has 2 aromatic rings. The lowest BCUT2D eigenvalue weighted by Gasteiger charge is -2.15. The van der Waals surface area contributed by atoms with Gasteiger partial charge < -0.3 is 10.1 Å². The Morgan fingerprint density at radius 1 is 1.15 bits per heavy atom. The number of para-hydroxylation sites is 1. The van der Waals surface area contributed by atoms with Crippen LogP contribution in [0.15, 0.2) is 48.5 Å². The van der Waals surface area contributed by atoms with Crippen LogP contribution in [-0.2, 0) is 11.0 Å². The van der Waals surface area contributed by atoms with Crippen molar-refractivity contribution < 1.29 is 22.7 Å². The van der Waals surface area contributed by atoms with Crippen LogP contribution in [0.1, 0.15) is 23.6 Å². The summed E-state index contributed by atoms with van der Waals surface area (Å²) in [4.78, 5) is 12.4. The number of carbonyl (C=O) groups excluding carboxylic acids is 1. The summed E-state index contributed by atoms with van der Waals surface area (Å²) in [7, 11) is 1.56. The van der Waals surface area contributed by atoms with Crippen LogP contribution >= 0.6 is 0 Å². The molecule has 2 atom stereocenters. The van der Waals surface area contributed by atoms with Crippen LogP contribution in [0, 0.1) is 0 Å². The van der Waals surface area contributed by atoms with Crippen LogP contribution in [-0.4, -0.2) is 19.1 Å². The molecule has 5 nitrogen and oxygen atoms in total. The Balaban J connectivity index is 1.69. The Morgan fingerprint density at radius 3 is 2.65 bits per heavy atom. The highest BCUT2D eigenvalue weighted by molar-refractivity contribution is 5.95. The Labute approximate surface area is 148 Å². The minimum Gasteiger partial charge on any atom is -0.497 e. The second-order valence-corrected chi connectivity index (χ2v) is 5.94. The SMILES string of the molecule is COc1cccc(C2CC(C(=O)Nc3ccccc3C(F)(F)F)NN2)c1. The molecule has 0 saturated carbocycles. The molecular formula is C18H18F3N3O2. The van der Waals surface area contributed by atoms with Gasteiger partial charge in [0.25, 0.3) is 0 Å². The third kappa shape index (κ3) is 3.97. The first-order valence-corrected chi connectivity index (χ1v) is 8.00. The van der Waals surface area contributed by atoms with Crippen molar-refractivity contribution in [1.29, 1.82) is 0 Å². The van der Waals surface area contributed by atoms with Crippen molar-refractivity contribution in [3.05, 3.63) is 59.7 Å². The molecule has 3 N–H and O–H groups in total. The predicted molar refractivity (Wildman–Crippen MR) is 90.5 cm³/mol. The number of carbonyl (C=O) groups is 1. The predicted octanol–water partition coefficient (Wildman–Crippen LogP) is 3.26. The molecule has 1 heterocycles. The molecule has 1 aliphatic heterocycles. The summed E-state index contributed by atoms with van der Waals surface area (Å²) in [5.74, 6) is 0.163. The number of hydrogen-bond acceptors (Lipinski definition) is 4. The molecule has 0 bridgehead atoms. The van der Waals surface area contributed by atoms with Gasteiger partial charge in [-0.1, -0.05) is 24.3 Å². The summed E-state index contributed by atoms with van der Waals surface area (Å²) in [5.41, 5.74) is 5.63. The number of alkyl halides is 3. The summed E-state index contributed by atoms with van der Waals surface area (Å²) in [5, 5.41) is 2.37. The van der Waals surface area contributed by atoms with Gasteiger partial charge in [0.15, 0.2) is 0 Å². The molecule has 0 aliphatic carbocycles.